The highest BCUT2D eigenvalue weighted by molar-refractivity contribution is 8.05. The summed E-state index contributed by atoms with van der Waals surface area (Å²) in [5.74, 6) is 0.0430. The van der Waals surface area contributed by atoms with Crippen molar-refractivity contribution < 1.29 is 24.2 Å². The van der Waals surface area contributed by atoms with E-state index >= 15 is 0 Å². The summed E-state index contributed by atoms with van der Waals surface area (Å²) in [6.07, 6.45) is 2.81. The fraction of sp³-hybridized carbons (Fsp3) is 0.214. The zero-order valence-electron chi connectivity index (χ0n) is 20.1. The van der Waals surface area contributed by atoms with Crippen LogP contribution in [0.5, 0.6) is 11.5 Å². The molecule has 36 heavy (non-hydrogen) atoms. The van der Waals surface area contributed by atoms with Crippen molar-refractivity contribution >= 4 is 35.4 Å². The van der Waals surface area contributed by atoms with Crippen LogP contribution in [0.25, 0.3) is 6.08 Å². The van der Waals surface area contributed by atoms with E-state index in [1.807, 2.05) is 43.3 Å². The second-order valence-electron chi connectivity index (χ2n) is 8.10. The van der Waals surface area contributed by atoms with Gasteiger partial charge in [-0.25, -0.2) is 4.79 Å². The van der Waals surface area contributed by atoms with E-state index in [0.29, 0.717) is 23.0 Å². The number of carboxylic acid groups (broad SMARTS) is 1. The normalized spacial score (nSPS) is 16.0. The smallest absolute Gasteiger partial charge is 0.335 e. The molecule has 0 aromatic heterocycles. The van der Waals surface area contributed by atoms with Crippen molar-refractivity contribution in [3.05, 3.63) is 93.9 Å². The Morgan fingerprint density at radius 3 is 2.39 bits per heavy atom. The molecule has 0 spiro atoms. The Hall–Kier alpha value is -3.91. The maximum absolute atomic E-state index is 12.5. The second kappa shape index (κ2) is 11.7. The van der Waals surface area contributed by atoms with Crippen LogP contribution in [0.1, 0.15) is 40.9 Å². The van der Waals surface area contributed by atoms with Gasteiger partial charge in [0.05, 0.1) is 17.1 Å². The molecule has 0 radical (unpaired) electrons. The number of carbonyl (C=O) groups excluding carboxylic acids is 1. The van der Waals surface area contributed by atoms with E-state index in [-0.39, 0.29) is 23.6 Å². The molecule has 1 fully saturated rings. The van der Waals surface area contributed by atoms with Gasteiger partial charge in [0, 0.05) is 5.69 Å². The van der Waals surface area contributed by atoms with Crippen LogP contribution >= 0.6 is 11.8 Å². The third-order valence-electron chi connectivity index (χ3n) is 5.55. The number of hydrogen-bond donors (Lipinski definition) is 3. The van der Waals surface area contributed by atoms with Crippen molar-refractivity contribution in [2.24, 2.45) is 0 Å². The molecule has 7 nitrogen and oxygen atoms in total. The standard InChI is InChI=1S/C28H28N2O5S/c1-3-18-7-12-22(13-8-18)29-28-30-26(31)25(36-28)16-20-9-14-23(24(15-20)34-4-2)35-17-19-5-10-21(11-6-19)27(32)33/h5-16,28-29H,3-4,17H2,1-2H3,(H,30,31)(H,32,33)/b25-16+/t28-/m1/s1. The van der Waals surface area contributed by atoms with E-state index in [4.69, 9.17) is 14.6 Å². The van der Waals surface area contributed by atoms with Crippen molar-refractivity contribution in [2.45, 2.75) is 32.4 Å². The molecule has 8 heteroatoms. The predicted molar refractivity (Wildman–Crippen MR) is 142 cm³/mol. The lowest BCUT2D eigenvalue weighted by Crippen LogP contribution is -2.30. The SMILES string of the molecule is CCOc1cc(/C=C2/S[C@H](Nc3ccc(CC)cc3)NC2=O)ccc1OCc1ccc(C(=O)O)cc1. The number of benzene rings is 3. The van der Waals surface area contributed by atoms with Crippen LogP contribution in [0.2, 0.25) is 0 Å². The summed E-state index contributed by atoms with van der Waals surface area (Å²) in [4.78, 5) is 24.2. The average Bonchev–Trinajstić information content (AvgIpc) is 3.22. The summed E-state index contributed by atoms with van der Waals surface area (Å²) >= 11 is 1.43. The Balaban J connectivity index is 1.43. The molecule has 0 saturated carbocycles. The molecule has 0 unspecified atom stereocenters. The second-order valence-corrected chi connectivity index (χ2v) is 9.25. The van der Waals surface area contributed by atoms with Crippen LogP contribution in [-0.4, -0.2) is 29.1 Å². The van der Waals surface area contributed by atoms with E-state index in [2.05, 4.69) is 29.7 Å². The van der Waals surface area contributed by atoms with Gasteiger partial charge >= 0.3 is 5.97 Å². The van der Waals surface area contributed by atoms with Gasteiger partial charge in [0.2, 0.25) is 0 Å². The van der Waals surface area contributed by atoms with Crippen molar-refractivity contribution in [1.82, 2.24) is 5.32 Å². The van der Waals surface area contributed by atoms with Crippen molar-refractivity contribution in [1.29, 1.82) is 0 Å². The summed E-state index contributed by atoms with van der Waals surface area (Å²) in [5, 5.41) is 15.3. The predicted octanol–water partition coefficient (Wildman–Crippen LogP) is 5.52. The van der Waals surface area contributed by atoms with Gasteiger partial charge in [-0.2, -0.15) is 0 Å². The van der Waals surface area contributed by atoms with Gasteiger partial charge in [0.1, 0.15) is 6.61 Å². The molecule has 1 atom stereocenters. The first-order valence-electron chi connectivity index (χ1n) is 11.7. The first kappa shape index (κ1) is 25.2. The lowest BCUT2D eigenvalue weighted by molar-refractivity contribution is -0.116. The molecule has 1 saturated heterocycles. The summed E-state index contributed by atoms with van der Waals surface area (Å²) in [6.45, 7) is 4.74. The molecule has 3 aromatic rings. The largest absolute Gasteiger partial charge is 0.490 e. The Morgan fingerprint density at radius 2 is 1.72 bits per heavy atom. The number of carbonyl (C=O) groups is 2. The van der Waals surface area contributed by atoms with Crippen LogP contribution < -0.4 is 20.1 Å². The minimum atomic E-state index is -0.965. The number of aromatic carboxylic acids is 1. The van der Waals surface area contributed by atoms with Gasteiger partial charge in [0.15, 0.2) is 17.0 Å². The van der Waals surface area contributed by atoms with E-state index in [1.54, 1.807) is 24.3 Å². The number of nitrogens with one attached hydrogen (secondary N) is 2. The Bertz CT molecular complexity index is 1260. The minimum absolute atomic E-state index is 0.134. The summed E-state index contributed by atoms with van der Waals surface area (Å²) < 4.78 is 11.7. The topological polar surface area (TPSA) is 96.9 Å². The Labute approximate surface area is 214 Å². The zero-order chi connectivity index (χ0) is 25.5. The minimum Gasteiger partial charge on any atom is -0.490 e. The molecular weight excluding hydrogens is 476 g/mol. The van der Waals surface area contributed by atoms with Gasteiger partial charge < -0.3 is 25.2 Å². The quantitative estimate of drug-likeness (QED) is 0.313. The average molecular weight is 505 g/mol. The van der Waals surface area contributed by atoms with Crippen molar-refractivity contribution in [3.63, 3.8) is 0 Å². The number of anilines is 1. The first-order chi connectivity index (χ1) is 17.4. The molecule has 0 aliphatic carbocycles. The molecular formula is C28H28N2O5S. The fourth-order valence-corrected chi connectivity index (χ4v) is 4.60. The van der Waals surface area contributed by atoms with E-state index in [0.717, 1.165) is 23.2 Å². The summed E-state index contributed by atoms with van der Waals surface area (Å²) in [6, 6.07) is 20.2. The lowest BCUT2D eigenvalue weighted by Gasteiger charge is -2.13. The molecule has 1 amide bonds. The van der Waals surface area contributed by atoms with Gasteiger partial charge in [-0.05, 0) is 72.5 Å². The molecule has 1 heterocycles. The number of amides is 1. The van der Waals surface area contributed by atoms with Gasteiger partial charge in [0.25, 0.3) is 5.91 Å². The molecule has 1 aliphatic heterocycles. The third-order valence-corrected chi connectivity index (χ3v) is 6.58. The lowest BCUT2D eigenvalue weighted by atomic mass is 10.1. The third kappa shape index (κ3) is 6.40. The van der Waals surface area contributed by atoms with Crippen LogP contribution in [0, 0.1) is 0 Å². The van der Waals surface area contributed by atoms with Crippen LogP contribution in [0.4, 0.5) is 5.69 Å². The van der Waals surface area contributed by atoms with E-state index in [9.17, 15) is 9.59 Å². The maximum atomic E-state index is 12.5. The highest BCUT2D eigenvalue weighted by Crippen LogP contribution is 2.34. The van der Waals surface area contributed by atoms with Crippen molar-refractivity contribution in [3.8, 4) is 11.5 Å². The van der Waals surface area contributed by atoms with E-state index < -0.39 is 5.97 Å². The van der Waals surface area contributed by atoms with Gasteiger partial charge in [-0.1, -0.05) is 49.0 Å². The van der Waals surface area contributed by atoms with Crippen LogP contribution in [0.3, 0.4) is 0 Å². The highest BCUT2D eigenvalue weighted by atomic mass is 32.2. The number of aryl methyl sites for hydroxylation is 1. The van der Waals surface area contributed by atoms with E-state index in [1.165, 1.54) is 17.3 Å². The molecule has 3 aromatic carbocycles. The molecule has 3 N–H and O–H groups in total. The molecule has 186 valence electrons. The zero-order valence-corrected chi connectivity index (χ0v) is 20.9. The number of carboxylic acids is 1. The van der Waals surface area contributed by atoms with Gasteiger partial charge in [-0.3, -0.25) is 4.79 Å². The summed E-state index contributed by atoms with van der Waals surface area (Å²) in [7, 11) is 0. The Kier molecular flexibility index (Phi) is 8.17. The van der Waals surface area contributed by atoms with Crippen LogP contribution in [0.15, 0.2) is 71.6 Å². The molecule has 0 bridgehead atoms. The van der Waals surface area contributed by atoms with Crippen LogP contribution in [-0.2, 0) is 17.8 Å². The Morgan fingerprint density at radius 1 is 1.00 bits per heavy atom. The molecule has 4 rings (SSSR count). The number of hydrogen-bond acceptors (Lipinski definition) is 6. The summed E-state index contributed by atoms with van der Waals surface area (Å²) in [5.41, 5.74) is 3.85. The molecule has 1 aliphatic rings. The number of rotatable bonds is 10. The highest BCUT2D eigenvalue weighted by Gasteiger charge is 2.27. The van der Waals surface area contributed by atoms with Gasteiger partial charge in [-0.15, -0.1) is 0 Å². The number of ether oxygens (including phenoxy) is 2. The fourth-order valence-electron chi connectivity index (χ4n) is 3.61. The number of thioether (sulfide) groups is 1. The maximum Gasteiger partial charge on any atom is 0.335 e. The van der Waals surface area contributed by atoms with Crippen molar-refractivity contribution in [2.75, 3.05) is 11.9 Å². The monoisotopic (exact) mass is 504 g/mol. The first-order valence-corrected chi connectivity index (χ1v) is 12.6.